The van der Waals surface area contributed by atoms with Gasteiger partial charge in [0.25, 0.3) is 0 Å². The lowest BCUT2D eigenvalue weighted by Crippen LogP contribution is -2.48. The third kappa shape index (κ3) is 3.20. The maximum Gasteiger partial charge on any atom is 0.244 e. The molecule has 1 aliphatic heterocycles. The number of anilines is 1. The normalized spacial score (nSPS) is 24.8. The fourth-order valence-electron chi connectivity index (χ4n) is 2.15. The first-order valence-corrected chi connectivity index (χ1v) is 6.63. The number of nitrogens with zero attached hydrogens (tertiary/aromatic N) is 4. The molecular weight excluding hydrogens is 228 g/mol. The van der Waals surface area contributed by atoms with E-state index in [4.69, 9.17) is 5.73 Å². The highest BCUT2D eigenvalue weighted by atomic mass is 15.4. The van der Waals surface area contributed by atoms with Gasteiger partial charge in [-0.2, -0.15) is 4.98 Å². The summed E-state index contributed by atoms with van der Waals surface area (Å²) in [5.41, 5.74) is 6.10. The van der Waals surface area contributed by atoms with Crippen molar-refractivity contribution in [3.05, 3.63) is 5.82 Å². The molecule has 2 rings (SSSR count). The summed E-state index contributed by atoms with van der Waals surface area (Å²) in [4.78, 5) is 8.86. The fourth-order valence-corrected chi connectivity index (χ4v) is 2.15. The Bertz CT molecular complexity index is 374. The minimum absolute atomic E-state index is 0.225. The summed E-state index contributed by atoms with van der Waals surface area (Å²) in [6.07, 6.45) is 2.01. The topological polar surface area (TPSA) is 74.1 Å². The van der Waals surface area contributed by atoms with Crippen molar-refractivity contribution in [2.75, 3.05) is 38.6 Å². The van der Waals surface area contributed by atoms with E-state index in [2.05, 4.69) is 46.0 Å². The fraction of sp³-hybridized carbons (Fsp3) is 0.833. The molecule has 6 nitrogen and oxygen atoms in total. The van der Waals surface area contributed by atoms with Crippen LogP contribution in [0.5, 0.6) is 0 Å². The highest BCUT2D eigenvalue weighted by Gasteiger charge is 2.25. The van der Waals surface area contributed by atoms with Crippen molar-refractivity contribution in [1.82, 2.24) is 20.1 Å². The second kappa shape index (κ2) is 5.67. The van der Waals surface area contributed by atoms with Gasteiger partial charge < -0.3 is 15.5 Å². The highest BCUT2D eigenvalue weighted by Crippen LogP contribution is 2.19. The number of H-pyrrole nitrogens is 1. The summed E-state index contributed by atoms with van der Waals surface area (Å²) in [6.45, 7) is 5.04. The van der Waals surface area contributed by atoms with Crippen LogP contribution < -0.4 is 10.6 Å². The van der Waals surface area contributed by atoms with Crippen LogP contribution >= 0.6 is 0 Å². The third-order valence-corrected chi connectivity index (χ3v) is 3.62. The molecule has 0 bridgehead atoms. The summed E-state index contributed by atoms with van der Waals surface area (Å²) in [6, 6.07) is 0.225. The second-order valence-corrected chi connectivity index (χ2v) is 5.51. The molecule has 1 aliphatic rings. The van der Waals surface area contributed by atoms with Gasteiger partial charge in [0, 0.05) is 32.1 Å². The number of rotatable bonds is 4. The molecule has 6 heteroatoms. The largest absolute Gasteiger partial charge is 0.338 e. The number of hydrogen-bond acceptors (Lipinski definition) is 5. The van der Waals surface area contributed by atoms with Crippen molar-refractivity contribution in [2.45, 2.75) is 25.8 Å². The number of nitrogens with two attached hydrogens (primary N) is 1. The number of likely N-dealkylation sites (N-methyl/N-ethyl adjacent to an activating group) is 1. The SMILES string of the molecule is CC1CCN(c2n[nH]c(CCN(C)C)n2)CC1N. The van der Waals surface area contributed by atoms with Crippen molar-refractivity contribution in [3.63, 3.8) is 0 Å². The van der Waals surface area contributed by atoms with E-state index >= 15 is 0 Å². The van der Waals surface area contributed by atoms with E-state index in [-0.39, 0.29) is 6.04 Å². The van der Waals surface area contributed by atoms with E-state index in [9.17, 15) is 0 Å². The van der Waals surface area contributed by atoms with Crippen LogP contribution in [0.1, 0.15) is 19.2 Å². The van der Waals surface area contributed by atoms with Gasteiger partial charge in [0.2, 0.25) is 5.95 Å². The summed E-state index contributed by atoms with van der Waals surface area (Å²) in [5.74, 6) is 2.34. The number of piperidine rings is 1. The Morgan fingerprint density at radius 3 is 2.94 bits per heavy atom. The molecule has 1 aromatic heterocycles. The van der Waals surface area contributed by atoms with E-state index in [1.807, 2.05) is 0 Å². The molecule has 0 amide bonds. The standard InChI is InChI=1S/C12H24N6/c1-9-4-7-18(8-10(9)13)12-14-11(15-16-12)5-6-17(2)3/h9-10H,4-8,13H2,1-3H3,(H,14,15,16). The first kappa shape index (κ1) is 13.3. The monoisotopic (exact) mass is 252 g/mol. The Labute approximate surface area is 109 Å². The molecule has 3 N–H and O–H groups in total. The van der Waals surface area contributed by atoms with Crippen molar-refractivity contribution in [3.8, 4) is 0 Å². The van der Waals surface area contributed by atoms with Crippen LogP contribution in [0.4, 0.5) is 5.95 Å². The highest BCUT2D eigenvalue weighted by molar-refractivity contribution is 5.30. The quantitative estimate of drug-likeness (QED) is 0.794. The Balaban J connectivity index is 1.93. The average Bonchev–Trinajstić information content (AvgIpc) is 2.79. The van der Waals surface area contributed by atoms with Gasteiger partial charge in [-0.3, -0.25) is 5.10 Å². The van der Waals surface area contributed by atoms with Crippen molar-refractivity contribution >= 4 is 5.95 Å². The summed E-state index contributed by atoms with van der Waals surface area (Å²) >= 11 is 0. The second-order valence-electron chi connectivity index (χ2n) is 5.51. The Morgan fingerprint density at radius 1 is 1.50 bits per heavy atom. The molecule has 2 unspecified atom stereocenters. The molecule has 0 aliphatic carbocycles. The van der Waals surface area contributed by atoms with E-state index in [1.54, 1.807) is 0 Å². The van der Waals surface area contributed by atoms with Gasteiger partial charge in [0.15, 0.2) is 0 Å². The first-order valence-electron chi connectivity index (χ1n) is 6.63. The summed E-state index contributed by atoms with van der Waals surface area (Å²) < 4.78 is 0. The van der Waals surface area contributed by atoms with E-state index in [0.717, 1.165) is 44.2 Å². The van der Waals surface area contributed by atoms with Crippen LogP contribution in [0.3, 0.4) is 0 Å². The van der Waals surface area contributed by atoms with Gasteiger partial charge in [0.1, 0.15) is 5.82 Å². The number of nitrogens with one attached hydrogen (secondary N) is 1. The van der Waals surface area contributed by atoms with Crippen molar-refractivity contribution in [1.29, 1.82) is 0 Å². The van der Waals surface area contributed by atoms with Gasteiger partial charge in [-0.1, -0.05) is 6.92 Å². The number of aromatic amines is 1. The smallest absolute Gasteiger partial charge is 0.244 e. The van der Waals surface area contributed by atoms with E-state index in [0.29, 0.717) is 5.92 Å². The zero-order valence-corrected chi connectivity index (χ0v) is 11.6. The van der Waals surface area contributed by atoms with Gasteiger partial charge in [-0.15, -0.1) is 5.10 Å². The molecule has 0 radical (unpaired) electrons. The maximum absolute atomic E-state index is 6.10. The first-order chi connectivity index (χ1) is 8.56. The van der Waals surface area contributed by atoms with Gasteiger partial charge in [-0.05, 0) is 26.4 Å². The lowest BCUT2D eigenvalue weighted by Gasteiger charge is -2.34. The average molecular weight is 252 g/mol. The molecule has 0 spiro atoms. The van der Waals surface area contributed by atoms with Crippen LogP contribution in [0.15, 0.2) is 0 Å². The van der Waals surface area contributed by atoms with Crippen LogP contribution in [0.25, 0.3) is 0 Å². The summed E-state index contributed by atoms with van der Waals surface area (Å²) in [5, 5.41) is 7.31. The minimum Gasteiger partial charge on any atom is -0.338 e. The molecule has 2 atom stereocenters. The Hall–Kier alpha value is -1.14. The molecule has 1 saturated heterocycles. The Kier molecular flexibility index (Phi) is 4.19. The number of aromatic nitrogens is 3. The molecule has 18 heavy (non-hydrogen) atoms. The van der Waals surface area contributed by atoms with Gasteiger partial charge in [0.05, 0.1) is 0 Å². The molecular formula is C12H24N6. The summed E-state index contributed by atoms with van der Waals surface area (Å²) in [7, 11) is 4.12. The predicted octanol–water partition coefficient (Wildman–Crippen LogP) is 0.0823. The lowest BCUT2D eigenvalue weighted by molar-refractivity contribution is 0.376. The maximum atomic E-state index is 6.10. The molecule has 1 aromatic rings. The predicted molar refractivity (Wildman–Crippen MR) is 72.6 cm³/mol. The van der Waals surface area contributed by atoms with E-state index in [1.165, 1.54) is 0 Å². The van der Waals surface area contributed by atoms with Crippen molar-refractivity contribution < 1.29 is 0 Å². The van der Waals surface area contributed by atoms with Crippen LogP contribution in [-0.4, -0.2) is 59.9 Å². The molecule has 2 heterocycles. The van der Waals surface area contributed by atoms with Crippen LogP contribution in [-0.2, 0) is 6.42 Å². The molecule has 0 saturated carbocycles. The third-order valence-electron chi connectivity index (χ3n) is 3.62. The van der Waals surface area contributed by atoms with Gasteiger partial charge in [-0.25, -0.2) is 0 Å². The zero-order valence-electron chi connectivity index (χ0n) is 11.6. The van der Waals surface area contributed by atoms with Gasteiger partial charge >= 0.3 is 0 Å². The number of hydrogen-bond donors (Lipinski definition) is 2. The molecule has 1 fully saturated rings. The van der Waals surface area contributed by atoms with E-state index < -0.39 is 0 Å². The lowest BCUT2D eigenvalue weighted by atomic mass is 9.95. The molecule has 102 valence electrons. The van der Waals surface area contributed by atoms with Crippen LogP contribution in [0, 0.1) is 5.92 Å². The van der Waals surface area contributed by atoms with Crippen LogP contribution in [0.2, 0.25) is 0 Å². The minimum atomic E-state index is 0.225. The Morgan fingerprint density at radius 2 is 2.28 bits per heavy atom. The zero-order chi connectivity index (χ0) is 13.1. The van der Waals surface area contributed by atoms with Crippen molar-refractivity contribution in [2.24, 2.45) is 11.7 Å². The molecule has 0 aromatic carbocycles.